The Morgan fingerprint density at radius 2 is 1.52 bits per heavy atom. The number of para-hydroxylation sites is 1. The molecule has 29 heavy (non-hydrogen) atoms. The number of aryl methyl sites for hydroxylation is 2. The van der Waals surface area contributed by atoms with E-state index in [0.29, 0.717) is 13.2 Å². The minimum atomic E-state index is 0.627. The molecule has 1 aliphatic rings. The number of ether oxygens (including phenoxy) is 1. The summed E-state index contributed by atoms with van der Waals surface area (Å²) >= 11 is 0. The first-order valence-corrected chi connectivity index (χ1v) is 9.96. The highest BCUT2D eigenvalue weighted by atomic mass is 16.5. The second kappa shape index (κ2) is 8.57. The fourth-order valence-electron chi connectivity index (χ4n) is 3.57. The monoisotopic (exact) mass is 393 g/mol. The number of hydrogen-bond acceptors (Lipinski definition) is 8. The maximum atomic E-state index is 5.16. The molecule has 152 valence electrons. The summed E-state index contributed by atoms with van der Waals surface area (Å²) in [6.45, 7) is 8.68. The van der Waals surface area contributed by atoms with Gasteiger partial charge < -0.3 is 19.9 Å². The van der Waals surface area contributed by atoms with E-state index in [0.717, 1.165) is 66.2 Å². The van der Waals surface area contributed by atoms with Gasteiger partial charge in [-0.1, -0.05) is 12.1 Å². The number of hydrogen-bond donors (Lipinski definition) is 1. The topological polar surface area (TPSA) is 79.3 Å². The van der Waals surface area contributed by atoms with Crippen LogP contribution in [0.1, 0.15) is 11.4 Å². The van der Waals surface area contributed by atoms with Gasteiger partial charge in [-0.2, -0.15) is 4.98 Å². The predicted molar refractivity (Wildman–Crippen MR) is 116 cm³/mol. The molecule has 0 amide bonds. The molecule has 0 unspecified atom stereocenters. The lowest BCUT2D eigenvalue weighted by atomic mass is 10.2. The lowest BCUT2D eigenvalue weighted by Crippen LogP contribution is -2.47. The molecule has 3 heterocycles. The van der Waals surface area contributed by atoms with Crippen molar-refractivity contribution in [3.8, 4) is 0 Å². The maximum absolute atomic E-state index is 5.16. The molecule has 0 atom stereocenters. The molecule has 0 radical (unpaired) electrons. The van der Waals surface area contributed by atoms with Crippen molar-refractivity contribution in [2.45, 2.75) is 13.8 Å². The van der Waals surface area contributed by atoms with Crippen LogP contribution in [-0.2, 0) is 4.74 Å². The second-order valence-corrected chi connectivity index (χ2v) is 7.23. The van der Waals surface area contributed by atoms with Crippen LogP contribution in [0.2, 0.25) is 0 Å². The fraction of sp³-hybridized carbons (Fsp3) is 0.429. The van der Waals surface area contributed by atoms with Gasteiger partial charge in [0, 0.05) is 56.6 Å². The number of benzene rings is 1. The fourth-order valence-corrected chi connectivity index (χ4v) is 3.57. The van der Waals surface area contributed by atoms with Crippen LogP contribution in [0.3, 0.4) is 0 Å². The molecule has 0 saturated carbocycles. The lowest BCUT2D eigenvalue weighted by molar-refractivity contribution is 0.210. The van der Waals surface area contributed by atoms with Gasteiger partial charge in [0.2, 0.25) is 11.9 Å². The van der Waals surface area contributed by atoms with Crippen LogP contribution < -0.4 is 15.1 Å². The van der Waals surface area contributed by atoms with Crippen molar-refractivity contribution in [3.05, 3.63) is 41.7 Å². The smallest absolute Gasteiger partial charge is 0.228 e. The minimum absolute atomic E-state index is 0.627. The molecule has 1 fully saturated rings. The third-order valence-corrected chi connectivity index (χ3v) is 5.01. The van der Waals surface area contributed by atoms with Gasteiger partial charge in [-0.25, -0.2) is 15.0 Å². The zero-order valence-corrected chi connectivity index (χ0v) is 17.2. The summed E-state index contributed by atoms with van der Waals surface area (Å²) in [5, 5.41) is 4.40. The van der Waals surface area contributed by atoms with Gasteiger partial charge in [-0.05, 0) is 32.0 Å². The highest BCUT2D eigenvalue weighted by molar-refractivity contribution is 5.90. The first-order valence-electron chi connectivity index (χ1n) is 9.96. The Hall–Kier alpha value is -3.00. The Balaban J connectivity index is 1.53. The number of aromatic nitrogens is 4. The Kier molecular flexibility index (Phi) is 5.71. The van der Waals surface area contributed by atoms with E-state index in [1.807, 2.05) is 44.2 Å². The van der Waals surface area contributed by atoms with Crippen molar-refractivity contribution in [1.82, 2.24) is 19.9 Å². The molecular formula is C21H27N7O. The average Bonchev–Trinajstić information content (AvgIpc) is 2.73. The molecule has 8 nitrogen and oxygen atoms in total. The van der Waals surface area contributed by atoms with Gasteiger partial charge in [0.1, 0.15) is 5.82 Å². The summed E-state index contributed by atoms with van der Waals surface area (Å²) in [7, 11) is 1.70. The van der Waals surface area contributed by atoms with Crippen molar-refractivity contribution in [2.24, 2.45) is 0 Å². The van der Waals surface area contributed by atoms with Crippen LogP contribution in [0.4, 0.5) is 17.7 Å². The van der Waals surface area contributed by atoms with Crippen molar-refractivity contribution in [3.63, 3.8) is 0 Å². The summed E-state index contributed by atoms with van der Waals surface area (Å²) < 4.78 is 5.16. The summed E-state index contributed by atoms with van der Waals surface area (Å²) in [5.74, 6) is 2.41. The van der Waals surface area contributed by atoms with Crippen molar-refractivity contribution < 1.29 is 4.74 Å². The van der Waals surface area contributed by atoms with Gasteiger partial charge in [0.15, 0.2) is 0 Å². The standard InChI is InChI=1S/C21H27N7O/c1-15-14-16(2)24-20(23-15)27-9-11-28(12-10-27)21-25-18-7-5-4-6-17(18)19(26-21)22-8-13-29-3/h4-7,14H,8-13H2,1-3H3,(H,22,25,26). The van der Waals surface area contributed by atoms with Crippen molar-refractivity contribution in [2.75, 3.05) is 61.6 Å². The molecule has 1 saturated heterocycles. The third kappa shape index (κ3) is 4.37. The number of anilines is 3. The van der Waals surface area contributed by atoms with Gasteiger partial charge in [0.25, 0.3) is 0 Å². The molecule has 1 N–H and O–H groups in total. The highest BCUT2D eigenvalue weighted by Crippen LogP contribution is 2.24. The predicted octanol–water partition coefficient (Wildman–Crippen LogP) is 2.42. The van der Waals surface area contributed by atoms with E-state index in [1.165, 1.54) is 0 Å². The number of fused-ring (bicyclic) bond motifs is 1. The van der Waals surface area contributed by atoms with E-state index in [2.05, 4.69) is 25.1 Å². The van der Waals surface area contributed by atoms with Crippen molar-refractivity contribution >= 4 is 28.6 Å². The molecule has 8 heteroatoms. The van der Waals surface area contributed by atoms with Crippen LogP contribution in [0, 0.1) is 13.8 Å². The van der Waals surface area contributed by atoms with E-state index < -0.39 is 0 Å². The molecule has 1 aliphatic heterocycles. The summed E-state index contributed by atoms with van der Waals surface area (Å²) in [6.07, 6.45) is 0. The number of rotatable bonds is 6. The van der Waals surface area contributed by atoms with Crippen LogP contribution in [-0.4, -0.2) is 66.4 Å². The number of nitrogens with zero attached hydrogens (tertiary/aromatic N) is 6. The molecule has 0 spiro atoms. The number of piperazine rings is 1. The minimum Gasteiger partial charge on any atom is -0.383 e. The molecule has 0 aliphatic carbocycles. The average molecular weight is 393 g/mol. The van der Waals surface area contributed by atoms with Crippen LogP contribution in [0.5, 0.6) is 0 Å². The zero-order chi connectivity index (χ0) is 20.2. The third-order valence-electron chi connectivity index (χ3n) is 5.01. The molecule has 0 bridgehead atoms. The molecule has 3 aromatic rings. The van der Waals surface area contributed by atoms with Gasteiger partial charge >= 0.3 is 0 Å². The Morgan fingerprint density at radius 3 is 2.17 bits per heavy atom. The molecule has 1 aromatic carbocycles. The van der Waals surface area contributed by atoms with E-state index in [1.54, 1.807) is 7.11 Å². The number of methoxy groups -OCH3 is 1. The SMILES string of the molecule is COCCNc1nc(N2CCN(c3nc(C)cc(C)n3)CC2)nc2ccccc12. The van der Waals surface area contributed by atoms with Crippen LogP contribution >= 0.6 is 0 Å². The lowest BCUT2D eigenvalue weighted by Gasteiger charge is -2.35. The quantitative estimate of drug-likeness (QED) is 0.640. The van der Waals surface area contributed by atoms with Crippen LogP contribution in [0.15, 0.2) is 30.3 Å². The second-order valence-electron chi connectivity index (χ2n) is 7.23. The van der Waals surface area contributed by atoms with Gasteiger partial charge in [-0.3, -0.25) is 0 Å². The Bertz CT molecular complexity index is 966. The largest absolute Gasteiger partial charge is 0.383 e. The van der Waals surface area contributed by atoms with Crippen molar-refractivity contribution in [1.29, 1.82) is 0 Å². The summed E-state index contributed by atoms with van der Waals surface area (Å²) in [4.78, 5) is 23.3. The molecule has 4 rings (SSSR count). The first kappa shape index (κ1) is 19.3. The molecule has 2 aromatic heterocycles. The summed E-state index contributed by atoms with van der Waals surface area (Å²) in [6, 6.07) is 10.1. The highest BCUT2D eigenvalue weighted by Gasteiger charge is 2.22. The summed E-state index contributed by atoms with van der Waals surface area (Å²) in [5.41, 5.74) is 2.94. The Morgan fingerprint density at radius 1 is 0.897 bits per heavy atom. The Labute approximate surface area is 171 Å². The zero-order valence-electron chi connectivity index (χ0n) is 17.2. The normalized spacial score (nSPS) is 14.4. The van der Waals surface area contributed by atoms with E-state index in [-0.39, 0.29) is 0 Å². The van der Waals surface area contributed by atoms with E-state index >= 15 is 0 Å². The number of nitrogens with one attached hydrogen (secondary N) is 1. The first-order chi connectivity index (χ1) is 14.1. The van der Waals surface area contributed by atoms with E-state index in [9.17, 15) is 0 Å². The van der Waals surface area contributed by atoms with Gasteiger partial charge in [0.05, 0.1) is 12.1 Å². The van der Waals surface area contributed by atoms with E-state index in [4.69, 9.17) is 14.7 Å². The van der Waals surface area contributed by atoms with Gasteiger partial charge in [-0.15, -0.1) is 0 Å². The maximum Gasteiger partial charge on any atom is 0.228 e. The molecular weight excluding hydrogens is 366 g/mol. The van der Waals surface area contributed by atoms with Crippen LogP contribution in [0.25, 0.3) is 10.9 Å².